The summed E-state index contributed by atoms with van der Waals surface area (Å²) in [5.41, 5.74) is 0.816. The van der Waals surface area contributed by atoms with E-state index in [2.05, 4.69) is 9.64 Å². The highest BCUT2D eigenvalue weighted by Gasteiger charge is 2.61. The van der Waals surface area contributed by atoms with E-state index in [0.29, 0.717) is 17.9 Å². The van der Waals surface area contributed by atoms with E-state index in [4.69, 9.17) is 11.6 Å². The van der Waals surface area contributed by atoms with Gasteiger partial charge in [0.2, 0.25) is 0 Å². The number of piperidine rings is 1. The Kier molecular flexibility index (Phi) is 5.97. The van der Waals surface area contributed by atoms with Crippen molar-refractivity contribution < 1.29 is 35.9 Å². The number of alkyl halides is 6. The van der Waals surface area contributed by atoms with E-state index >= 15 is 0 Å². The van der Waals surface area contributed by atoms with E-state index in [0.717, 1.165) is 30.1 Å². The molecule has 0 aliphatic carbocycles. The molecule has 1 aromatic carbocycles. The van der Waals surface area contributed by atoms with Gasteiger partial charge in [-0.15, -0.1) is 0 Å². The number of carbonyl (C=O) groups is 1. The molecule has 1 aromatic rings. The summed E-state index contributed by atoms with van der Waals surface area (Å²) < 4.78 is 78.9. The molecule has 2 aliphatic heterocycles. The highest BCUT2D eigenvalue weighted by Crippen LogP contribution is 2.42. The van der Waals surface area contributed by atoms with Gasteiger partial charge in [-0.25, -0.2) is 4.79 Å². The van der Waals surface area contributed by atoms with Gasteiger partial charge in [-0.3, -0.25) is 4.90 Å². The Morgan fingerprint density at radius 2 is 1.55 bits per heavy atom. The Bertz CT molecular complexity index is 707. The van der Waals surface area contributed by atoms with Crippen LogP contribution in [0.25, 0.3) is 0 Å². The quantitative estimate of drug-likeness (QED) is 0.624. The smallest absolute Gasteiger partial charge is 0.426 e. The molecule has 0 radical (unpaired) electrons. The molecule has 162 valence electrons. The topological polar surface area (TPSA) is 32.8 Å². The summed E-state index contributed by atoms with van der Waals surface area (Å²) in [5.74, 6) is 0. The Labute approximate surface area is 168 Å². The lowest BCUT2D eigenvalue weighted by Gasteiger charge is -2.53. The number of hydrogen-bond donors (Lipinski definition) is 0. The Hall–Kier alpha value is -1.68. The van der Waals surface area contributed by atoms with Gasteiger partial charge in [-0.2, -0.15) is 26.3 Å². The van der Waals surface area contributed by atoms with Crippen molar-refractivity contribution in [1.82, 2.24) is 9.80 Å². The Balaban J connectivity index is 1.48. The number of likely N-dealkylation sites (tertiary alicyclic amines) is 2. The average molecular weight is 445 g/mol. The third-order valence-corrected chi connectivity index (χ3v) is 5.61. The zero-order chi connectivity index (χ0) is 21.4. The maximum atomic E-state index is 12.5. The van der Waals surface area contributed by atoms with Crippen LogP contribution >= 0.6 is 11.6 Å². The van der Waals surface area contributed by atoms with Gasteiger partial charge in [0.15, 0.2) is 0 Å². The molecular weight excluding hydrogens is 426 g/mol. The second-order valence-electron chi connectivity index (χ2n) is 7.61. The van der Waals surface area contributed by atoms with Crippen LogP contribution in [0.1, 0.15) is 18.4 Å². The molecule has 2 aliphatic rings. The third-order valence-electron chi connectivity index (χ3n) is 5.36. The number of hydrogen-bond acceptors (Lipinski definition) is 3. The summed E-state index contributed by atoms with van der Waals surface area (Å²) in [4.78, 5) is 14.9. The maximum Gasteiger partial charge on any atom is 0.434 e. The number of nitrogens with zero attached hydrogens (tertiary/aromatic N) is 2. The summed E-state index contributed by atoms with van der Waals surface area (Å²) in [5, 5.41) is 0.645. The summed E-state index contributed by atoms with van der Waals surface area (Å²) >= 11 is 5.86. The molecule has 3 rings (SSSR count). The lowest BCUT2D eigenvalue weighted by molar-refractivity contribution is -0.309. The number of carbonyl (C=O) groups excluding carboxylic acids is 1. The van der Waals surface area contributed by atoms with Crippen molar-refractivity contribution in [3.8, 4) is 0 Å². The first-order valence-corrected chi connectivity index (χ1v) is 9.32. The molecule has 1 spiro atoms. The molecule has 0 saturated carbocycles. The SMILES string of the molecule is O=C(OC(C(F)(F)F)C(F)(F)F)N1CC2(CCN(Cc3ccc(Cl)cc3)CC2)C1. The number of benzene rings is 1. The molecule has 11 heteroatoms. The normalized spacial score (nSPS) is 20.1. The largest absolute Gasteiger partial charge is 0.434 e. The van der Waals surface area contributed by atoms with Crippen molar-refractivity contribution >= 4 is 17.7 Å². The van der Waals surface area contributed by atoms with Crippen LogP contribution in [0.5, 0.6) is 0 Å². The number of ether oxygens (including phenoxy) is 1. The van der Waals surface area contributed by atoms with Gasteiger partial charge in [-0.05, 0) is 43.6 Å². The fraction of sp³-hybridized carbons (Fsp3) is 0.611. The molecule has 0 aromatic heterocycles. The molecule has 0 bridgehead atoms. The van der Waals surface area contributed by atoms with Crippen LogP contribution in [0.4, 0.5) is 31.1 Å². The molecule has 29 heavy (non-hydrogen) atoms. The zero-order valence-corrected chi connectivity index (χ0v) is 15.9. The first-order valence-electron chi connectivity index (χ1n) is 8.94. The van der Waals surface area contributed by atoms with Gasteiger partial charge in [0, 0.05) is 30.1 Å². The first-order chi connectivity index (χ1) is 13.4. The summed E-state index contributed by atoms with van der Waals surface area (Å²) in [7, 11) is 0. The predicted molar refractivity (Wildman–Crippen MR) is 92.3 cm³/mol. The van der Waals surface area contributed by atoms with E-state index < -0.39 is 24.5 Å². The molecule has 2 saturated heterocycles. The molecule has 0 N–H and O–H groups in total. The Morgan fingerprint density at radius 1 is 1.03 bits per heavy atom. The highest BCUT2D eigenvalue weighted by molar-refractivity contribution is 6.30. The predicted octanol–water partition coefficient (Wildman–Crippen LogP) is 4.87. The van der Waals surface area contributed by atoms with Crippen LogP contribution in [0, 0.1) is 5.41 Å². The van der Waals surface area contributed by atoms with Gasteiger partial charge in [-0.1, -0.05) is 23.7 Å². The summed E-state index contributed by atoms with van der Waals surface area (Å²) in [6.07, 6.45) is -15.7. The molecule has 0 unspecified atom stereocenters. The lowest BCUT2D eigenvalue weighted by atomic mass is 9.72. The first kappa shape index (κ1) is 22.0. The number of amides is 1. The second-order valence-corrected chi connectivity index (χ2v) is 8.04. The van der Waals surface area contributed by atoms with Crippen LogP contribution in [-0.4, -0.2) is 60.5 Å². The summed E-state index contributed by atoms with van der Waals surface area (Å²) in [6.45, 7) is 2.36. The van der Waals surface area contributed by atoms with Crippen molar-refractivity contribution in [2.24, 2.45) is 5.41 Å². The van der Waals surface area contributed by atoms with Crippen LogP contribution in [-0.2, 0) is 11.3 Å². The monoisotopic (exact) mass is 444 g/mol. The molecule has 2 heterocycles. The van der Waals surface area contributed by atoms with E-state index in [9.17, 15) is 31.1 Å². The van der Waals surface area contributed by atoms with Crippen molar-refractivity contribution in [3.05, 3.63) is 34.9 Å². The van der Waals surface area contributed by atoms with Gasteiger partial charge in [0.1, 0.15) is 0 Å². The maximum absolute atomic E-state index is 12.5. The van der Waals surface area contributed by atoms with Gasteiger partial charge >= 0.3 is 18.4 Å². The Morgan fingerprint density at radius 3 is 2.03 bits per heavy atom. The van der Waals surface area contributed by atoms with Crippen LogP contribution < -0.4 is 0 Å². The van der Waals surface area contributed by atoms with Crippen molar-refractivity contribution in [1.29, 1.82) is 0 Å². The van der Waals surface area contributed by atoms with E-state index in [1.165, 1.54) is 0 Å². The third kappa shape index (κ3) is 5.28. The molecule has 0 atom stereocenters. The molecule has 1 amide bonds. The fourth-order valence-corrected chi connectivity index (χ4v) is 3.86. The average Bonchev–Trinajstić information content (AvgIpc) is 2.58. The molecular formula is C18H19ClF6N2O2. The van der Waals surface area contributed by atoms with E-state index in [-0.39, 0.29) is 18.5 Å². The van der Waals surface area contributed by atoms with E-state index in [1.807, 2.05) is 12.1 Å². The van der Waals surface area contributed by atoms with Gasteiger partial charge in [0.05, 0.1) is 0 Å². The zero-order valence-electron chi connectivity index (χ0n) is 15.2. The second kappa shape index (κ2) is 7.86. The van der Waals surface area contributed by atoms with Crippen molar-refractivity contribution in [2.45, 2.75) is 37.8 Å². The van der Waals surface area contributed by atoms with E-state index in [1.54, 1.807) is 12.1 Å². The number of rotatable bonds is 3. The minimum atomic E-state index is -5.70. The molecule has 4 nitrogen and oxygen atoms in total. The van der Waals surface area contributed by atoms with Crippen LogP contribution in [0.3, 0.4) is 0 Å². The van der Waals surface area contributed by atoms with Gasteiger partial charge in [0.25, 0.3) is 6.10 Å². The van der Waals surface area contributed by atoms with Crippen LogP contribution in [0.15, 0.2) is 24.3 Å². The van der Waals surface area contributed by atoms with Crippen molar-refractivity contribution in [2.75, 3.05) is 26.2 Å². The lowest BCUT2D eigenvalue weighted by Crippen LogP contribution is -2.62. The van der Waals surface area contributed by atoms with Crippen molar-refractivity contribution in [3.63, 3.8) is 0 Å². The summed E-state index contributed by atoms with van der Waals surface area (Å²) in [6, 6.07) is 7.44. The highest BCUT2D eigenvalue weighted by atomic mass is 35.5. The molecule has 2 fully saturated rings. The van der Waals surface area contributed by atoms with Gasteiger partial charge < -0.3 is 9.64 Å². The standard InChI is InChI=1S/C18H19ClF6N2O2/c19-13-3-1-12(2-4-13)9-26-7-5-16(6-8-26)10-27(11-16)15(28)29-14(17(20,21)22)18(23,24)25/h1-4,14H,5-11H2. The van der Waals surface area contributed by atoms with Crippen LogP contribution in [0.2, 0.25) is 5.02 Å². The minimum absolute atomic E-state index is 0.100. The minimum Gasteiger partial charge on any atom is -0.426 e. The number of halogens is 7. The fourth-order valence-electron chi connectivity index (χ4n) is 3.74.